The van der Waals surface area contributed by atoms with E-state index < -0.39 is 20.6 Å². The van der Waals surface area contributed by atoms with E-state index in [1.807, 2.05) is 20.8 Å². The molecule has 37 heavy (non-hydrogen) atoms. The fraction of sp³-hybridized carbons (Fsp3) is 0.423. The van der Waals surface area contributed by atoms with Crippen molar-refractivity contribution in [3.8, 4) is 0 Å². The Labute approximate surface area is 235 Å². The van der Waals surface area contributed by atoms with Gasteiger partial charge in [0, 0.05) is 48.4 Å². The minimum atomic E-state index is -2.79. The first kappa shape index (κ1) is 31.4. The van der Waals surface area contributed by atoms with Gasteiger partial charge in [0.1, 0.15) is 5.71 Å². The van der Waals surface area contributed by atoms with Crippen molar-refractivity contribution in [1.29, 1.82) is 5.41 Å². The van der Waals surface area contributed by atoms with Crippen LogP contribution in [0.1, 0.15) is 39.7 Å². The van der Waals surface area contributed by atoms with Crippen molar-refractivity contribution in [2.24, 2.45) is 10.9 Å². The quantitative estimate of drug-likeness (QED) is 0.134. The van der Waals surface area contributed by atoms with Crippen LogP contribution in [0, 0.1) is 11.3 Å². The predicted octanol–water partition coefficient (Wildman–Crippen LogP) is 6.98. The van der Waals surface area contributed by atoms with Crippen LogP contribution in [0.15, 0.2) is 47.5 Å². The lowest BCUT2D eigenvalue weighted by atomic mass is 9.93. The van der Waals surface area contributed by atoms with Crippen molar-refractivity contribution in [3.05, 3.63) is 63.1 Å². The Hall–Kier alpha value is -1.78. The topological polar surface area (TPSA) is 93.0 Å². The normalized spacial score (nSPS) is 12.9. The largest absolute Gasteiger partial charge is 0.500 e. The average Bonchev–Trinajstić information content (AvgIpc) is 2.86. The Morgan fingerprint density at radius 3 is 2.08 bits per heavy atom. The molecule has 0 radical (unpaired) electrons. The second kappa shape index (κ2) is 15.6. The summed E-state index contributed by atoms with van der Waals surface area (Å²) in [4.78, 5) is 17.6. The first-order valence-corrected chi connectivity index (χ1v) is 15.3. The van der Waals surface area contributed by atoms with Crippen LogP contribution >= 0.6 is 34.8 Å². The summed E-state index contributed by atoms with van der Waals surface area (Å²) in [6, 6.07) is 12.6. The lowest BCUT2D eigenvalue weighted by Gasteiger charge is -2.28. The number of halogens is 3. The number of nitrogens with zero attached hydrogens (tertiary/aromatic N) is 1. The van der Waals surface area contributed by atoms with Crippen molar-refractivity contribution in [1.82, 2.24) is 5.32 Å². The molecule has 0 heterocycles. The van der Waals surface area contributed by atoms with Gasteiger partial charge in [0.15, 0.2) is 0 Å². The minimum absolute atomic E-state index is 0.123. The highest BCUT2D eigenvalue weighted by Crippen LogP contribution is 2.30. The zero-order chi connectivity index (χ0) is 27.4. The van der Waals surface area contributed by atoms with Gasteiger partial charge in [-0.3, -0.25) is 15.2 Å². The Balaban J connectivity index is 2.16. The van der Waals surface area contributed by atoms with Gasteiger partial charge in [-0.25, -0.2) is 0 Å². The molecule has 0 bridgehead atoms. The van der Waals surface area contributed by atoms with Crippen molar-refractivity contribution >= 4 is 66.6 Å². The molecule has 11 heteroatoms. The summed E-state index contributed by atoms with van der Waals surface area (Å²) >= 11 is 18.4. The third-order valence-electron chi connectivity index (χ3n) is 5.42. The van der Waals surface area contributed by atoms with Crippen LogP contribution in [0.4, 0.5) is 5.69 Å². The van der Waals surface area contributed by atoms with Gasteiger partial charge in [-0.15, -0.1) is 0 Å². The smallest absolute Gasteiger partial charge is 0.374 e. The molecule has 0 aromatic heterocycles. The summed E-state index contributed by atoms with van der Waals surface area (Å²) in [7, 11) is -2.79. The number of carbonyl (C=O) groups is 1. The maximum absolute atomic E-state index is 12.9. The third-order valence-corrected chi connectivity index (χ3v) is 9.36. The Bertz CT molecular complexity index is 1070. The Morgan fingerprint density at radius 2 is 1.54 bits per heavy atom. The van der Waals surface area contributed by atoms with E-state index >= 15 is 0 Å². The van der Waals surface area contributed by atoms with Gasteiger partial charge in [0.05, 0.1) is 16.4 Å². The molecule has 0 saturated heterocycles. The first-order valence-electron chi connectivity index (χ1n) is 12.2. The molecule has 0 aliphatic carbocycles. The molecule has 0 aliphatic rings. The standard InChI is InChI=1S/C26H34Cl3N3O4Si/c1-5-34-37(35-6-2,36-7-3)16-8-15-31-26(33)24(30)18(4)25(19-9-11-20(27)12-10-19)32-23-14-13-21(28)17-22(23)29/h9-14,17-18,30H,5-8,15-16H2,1-4H3,(H,31,33). The summed E-state index contributed by atoms with van der Waals surface area (Å²) in [6.07, 6.45) is 0.595. The molecule has 1 unspecified atom stereocenters. The van der Waals surface area contributed by atoms with Gasteiger partial charge in [0.25, 0.3) is 5.91 Å². The summed E-state index contributed by atoms with van der Waals surface area (Å²) in [5.41, 5.74) is 1.60. The van der Waals surface area contributed by atoms with E-state index in [4.69, 9.17) is 58.5 Å². The zero-order valence-corrected chi connectivity index (χ0v) is 24.8. The Morgan fingerprint density at radius 1 is 0.973 bits per heavy atom. The van der Waals surface area contributed by atoms with Gasteiger partial charge < -0.3 is 18.6 Å². The zero-order valence-electron chi connectivity index (χ0n) is 21.6. The number of rotatable bonds is 15. The molecular weight excluding hydrogens is 553 g/mol. The van der Waals surface area contributed by atoms with Crippen molar-refractivity contribution < 1.29 is 18.1 Å². The van der Waals surface area contributed by atoms with Gasteiger partial charge in [-0.2, -0.15) is 0 Å². The number of benzene rings is 2. The van der Waals surface area contributed by atoms with E-state index in [0.29, 0.717) is 65.3 Å². The van der Waals surface area contributed by atoms with Crippen LogP contribution in [0.3, 0.4) is 0 Å². The van der Waals surface area contributed by atoms with Crippen molar-refractivity contribution in [2.75, 3.05) is 26.4 Å². The maximum atomic E-state index is 12.9. The molecule has 7 nitrogen and oxygen atoms in total. The van der Waals surface area contributed by atoms with Crippen LogP contribution in [0.5, 0.6) is 0 Å². The van der Waals surface area contributed by atoms with Gasteiger partial charge in [-0.05, 0) is 63.1 Å². The molecule has 2 rings (SSSR count). The molecule has 0 spiro atoms. The molecular formula is C26H34Cl3N3O4Si. The number of amides is 1. The van der Waals surface area contributed by atoms with Gasteiger partial charge in [-0.1, -0.05) is 53.9 Å². The molecule has 2 N–H and O–H groups in total. The average molecular weight is 587 g/mol. The van der Waals surface area contributed by atoms with Gasteiger partial charge >= 0.3 is 8.80 Å². The molecule has 2 aromatic rings. The SMILES string of the molecule is CCO[Si](CCCNC(=O)C(=N)C(C)C(=Nc1ccc(Cl)cc1Cl)c1ccc(Cl)cc1)(OCC)OCC. The highest BCUT2D eigenvalue weighted by Gasteiger charge is 2.39. The molecule has 2 aromatic carbocycles. The maximum Gasteiger partial charge on any atom is 0.500 e. The number of hydrogen-bond donors (Lipinski definition) is 2. The number of aliphatic imine (C=N–C) groups is 1. The highest BCUT2D eigenvalue weighted by molar-refractivity contribution is 6.60. The molecule has 1 atom stereocenters. The number of nitrogens with one attached hydrogen (secondary N) is 2. The summed E-state index contributed by atoms with van der Waals surface area (Å²) in [6.45, 7) is 9.30. The summed E-state index contributed by atoms with van der Waals surface area (Å²) in [5.74, 6) is -1.11. The fourth-order valence-electron chi connectivity index (χ4n) is 3.67. The van der Waals surface area contributed by atoms with Crippen LogP contribution in [0.25, 0.3) is 0 Å². The fourth-order valence-corrected chi connectivity index (χ4v) is 6.86. The first-order chi connectivity index (χ1) is 17.7. The van der Waals surface area contributed by atoms with E-state index in [1.165, 1.54) is 0 Å². The summed E-state index contributed by atoms with van der Waals surface area (Å²) < 4.78 is 17.6. The highest BCUT2D eigenvalue weighted by atomic mass is 35.5. The van der Waals surface area contributed by atoms with E-state index in [0.717, 1.165) is 5.56 Å². The lowest BCUT2D eigenvalue weighted by molar-refractivity contribution is -0.115. The van der Waals surface area contributed by atoms with Crippen LogP contribution < -0.4 is 5.32 Å². The minimum Gasteiger partial charge on any atom is -0.374 e. The molecule has 0 saturated carbocycles. The number of hydrogen-bond acceptors (Lipinski definition) is 6. The second-order valence-corrected chi connectivity index (χ2v) is 12.1. The van der Waals surface area contributed by atoms with Crippen LogP contribution in [-0.4, -0.2) is 52.5 Å². The third kappa shape index (κ3) is 9.48. The van der Waals surface area contributed by atoms with E-state index in [1.54, 1.807) is 49.4 Å². The second-order valence-electron chi connectivity index (χ2n) is 8.08. The molecule has 0 fully saturated rings. The van der Waals surface area contributed by atoms with Crippen molar-refractivity contribution in [3.63, 3.8) is 0 Å². The van der Waals surface area contributed by atoms with E-state index in [-0.39, 0.29) is 5.71 Å². The Kier molecular flexibility index (Phi) is 13.2. The van der Waals surface area contributed by atoms with Gasteiger partial charge in [0.2, 0.25) is 0 Å². The molecule has 0 aliphatic heterocycles. The van der Waals surface area contributed by atoms with E-state index in [9.17, 15) is 4.79 Å². The molecule has 1 amide bonds. The van der Waals surface area contributed by atoms with Crippen LogP contribution in [-0.2, 0) is 18.1 Å². The van der Waals surface area contributed by atoms with Crippen molar-refractivity contribution in [2.45, 2.75) is 40.2 Å². The predicted molar refractivity (Wildman–Crippen MR) is 154 cm³/mol. The monoisotopic (exact) mass is 585 g/mol. The van der Waals surface area contributed by atoms with Crippen LogP contribution in [0.2, 0.25) is 21.1 Å². The lowest BCUT2D eigenvalue weighted by Crippen LogP contribution is -2.46. The van der Waals surface area contributed by atoms with E-state index in [2.05, 4.69) is 5.32 Å². The summed E-state index contributed by atoms with van der Waals surface area (Å²) in [5, 5.41) is 12.9. The molecule has 202 valence electrons. The number of carbonyl (C=O) groups excluding carboxylic acids is 1.